The fraction of sp³-hybridized carbons (Fsp3) is 0.389. The van der Waals surface area contributed by atoms with Gasteiger partial charge in [0, 0.05) is 43.5 Å². The van der Waals surface area contributed by atoms with Gasteiger partial charge in [-0.1, -0.05) is 5.16 Å². The minimum atomic E-state index is -0.0520. The molecule has 1 saturated heterocycles. The Balaban J connectivity index is 1.39. The number of nitrogens with one attached hydrogen (secondary N) is 1. The van der Waals surface area contributed by atoms with Crippen molar-refractivity contribution in [3.05, 3.63) is 42.4 Å². The Bertz CT molecular complexity index is 941. The molecule has 1 amide bonds. The molecule has 1 aliphatic heterocycles. The molecule has 1 N–H and O–H groups in total. The van der Waals surface area contributed by atoms with Gasteiger partial charge in [0.15, 0.2) is 0 Å². The molecule has 0 spiro atoms. The molecule has 140 valence electrons. The summed E-state index contributed by atoms with van der Waals surface area (Å²) >= 11 is 0. The summed E-state index contributed by atoms with van der Waals surface area (Å²) in [6.07, 6.45) is 6.69. The van der Waals surface area contributed by atoms with Gasteiger partial charge in [-0.3, -0.25) is 14.7 Å². The summed E-state index contributed by atoms with van der Waals surface area (Å²) in [6.45, 7) is 5.26. The number of amides is 1. The molecule has 0 aromatic carbocycles. The fourth-order valence-corrected chi connectivity index (χ4v) is 3.28. The van der Waals surface area contributed by atoms with Gasteiger partial charge in [0.05, 0.1) is 5.69 Å². The zero-order valence-electron chi connectivity index (χ0n) is 15.3. The van der Waals surface area contributed by atoms with Crippen LogP contribution >= 0.6 is 0 Å². The molecule has 1 aliphatic rings. The molecule has 3 aromatic heterocycles. The Hall–Kier alpha value is -3.23. The van der Waals surface area contributed by atoms with Gasteiger partial charge in [0.1, 0.15) is 23.8 Å². The Labute approximate surface area is 156 Å². The number of imidazole rings is 1. The summed E-state index contributed by atoms with van der Waals surface area (Å²) in [5.74, 6) is 2.84. The maximum atomic E-state index is 12.4. The summed E-state index contributed by atoms with van der Waals surface area (Å²) in [5.41, 5.74) is 0.743. The van der Waals surface area contributed by atoms with Crippen LogP contribution in [0.15, 0.2) is 35.4 Å². The minimum Gasteiger partial charge on any atom is -0.356 e. The van der Waals surface area contributed by atoms with Crippen LogP contribution in [0.5, 0.6) is 0 Å². The first kappa shape index (κ1) is 17.2. The molecular formula is C18H21N7O2. The topological polar surface area (TPSA) is 102 Å². The number of hydrogen-bond donors (Lipinski definition) is 1. The van der Waals surface area contributed by atoms with Gasteiger partial charge in [-0.05, 0) is 26.7 Å². The van der Waals surface area contributed by atoms with Crippen molar-refractivity contribution < 1.29 is 9.32 Å². The molecule has 1 fully saturated rings. The molecule has 0 unspecified atom stereocenters. The number of nitrogens with zero attached hydrogens (tertiary/aromatic N) is 6. The van der Waals surface area contributed by atoms with E-state index in [1.165, 1.54) is 0 Å². The normalized spacial score (nSPS) is 15.1. The van der Waals surface area contributed by atoms with Crippen molar-refractivity contribution in [1.82, 2.24) is 24.7 Å². The Morgan fingerprint density at radius 2 is 1.93 bits per heavy atom. The van der Waals surface area contributed by atoms with Crippen molar-refractivity contribution in [2.45, 2.75) is 26.7 Å². The third-order valence-electron chi connectivity index (χ3n) is 4.77. The van der Waals surface area contributed by atoms with Crippen LogP contribution in [-0.4, -0.2) is 43.7 Å². The van der Waals surface area contributed by atoms with Crippen LogP contribution in [0.3, 0.4) is 0 Å². The standard InChI is InChI=1S/C18H21N7O2/c1-12-9-17(27-23-12)22-18(26)14-3-6-24(7-4-14)15-10-16(21-11-20-15)25-8-5-19-13(25)2/h5,8-11,14H,3-4,6-7H2,1-2H3,(H,22,26). The van der Waals surface area contributed by atoms with E-state index in [0.29, 0.717) is 5.88 Å². The molecule has 4 heterocycles. The van der Waals surface area contributed by atoms with Gasteiger partial charge >= 0.3 is 0 Å². The number of hydrogen-bond acceptors (Lipinski definition) is 7. The lowest BCUT2D eigenvalue weighted by Gasteiger charge is -2.32. The highest BCUT2D eigenvalue weighted by Crippen LogP contribution is 2.24. The van der Waals surface area contributed by atoms with E-state index in [4.69, 9.17) is 4.52 Å². The summed E-state index contributed by atoms with van der Waals surface area (Å²) in [6, 6.07) is 3.67. The molecule has 0 radical (unpaired) electrons. The zero-order valence-corrected chi connectivity index (χ0v) is 15.3. The number of rotatable bonds is 4. The fourth-order valence-electron chi connectivity index (χ4n) is 3.28. The lowest BCUT2D eigenvalue weighted by atomic mass is 9.96. The van der Waals surface area contributed by atoms with Gasteiger partial charge in [0.2, 0.25) is 11.8 Å². The molecule has 3 aromatic rings. The van der Waals surface area contributed by atoms with E-state index in [0.717, 1.165) is 49.1 Å². The van der Waals surface area contributed by atoms with E-state index in [2.05, 4.69) is 30.3 Å². The zero-order chi connectivity index (χ0) is 18.8. The number of aromatic nitrogens is 5. The van der Waals surface area contributed by atoms with Crippen LogP contribution < -0.4 is 10.2 Å². The summed E-state index contributed by atoms with van der Waals surface area (Å²) < 4.78 is 6.98. The smallest absolute Gasteiger partial charge is 0.231 e. The molecule has 9 nitrogen and oxygen atoms in total. The van der Waals surface area contributed by atoms with Crippen molar-refractivity contribution in [1.29, 1.82) is 0 Å². The van der Waals surface area contributed by atoms with Crippen LogP contribution in [0.1, 0.15) is 24.4 Å². The first-order valence-corrected chi connectivity index (χ1v) is 8.91. The van der Waals surface area contributed by atoms with E-state index >= 15 is 0 Å². The number of anilines is 2. The third kappa shape index (κ3) is 3.67. The monoisotopic (exact) mass is 367 g/mol. The quantitative estimate of drug-likeness (QED) is 0.753. The number of piperidine rings is 1. The minimum absolute atomic E-state index is 0.0248. The second-order valence-corrected chi connectivity index (χ2v) is 6.66. The number of carbonyl (C=O) groups is 1. The highest BCUT2D eigenvalue weighted by molar-refractivity contribution is 5.91. The summed E-state index contributed by atoms with van der Waals surface area (Å²) in [7, 11) is 0. The van der Waals surface area contributed by atoms with Crippen LogP contribution in [0.25, 0.3) is 5.82 Å². The van der Waals surface area contributed by atoms with Gasteiger partial charge in [0.25, 0.3) is 0 Å². The van der Waals surface area contributed by atoms with E-state index in [1.54, 1.807) is 18.6 Å². The van der Waals surface area contributed by atoms with Gasteiger partial charge in [-0.15, -0.1) is 0 Å². The molecule has 0 aliphatic carbocycles. The highest BCUT2D eigenvalue weighted by Gasteiger charge is 2.26. The SMILES string of the molecule is Cc1cc(NC(=O)C2CCN(c3cc(-n4ccnc4C)ncn3)CC2)on1. The van der Waals surface area contributed by atoms with Crippen molar-refractivity contribution in [3.63, 3.8) is 0 Å². The number of aryl methyl sites for hydroxylation is 2. The highest BCUT2D eigenvalue weighted by atomic mass is 16.5. The van der Waals surface area contributed by atoms with E-state index in [-0.39, 0.29) is 11.8 Å². The van der Waals surface area contributed by atoms with Crippen molar-refractivity contribution >= 4 is 17.6 Å². The Morgan fingerprint density at radius 3 is 2.59 bits per heavy atom. The Morgan fingerprint density at radius 1 is 1.15 bits per heavy atom. The van der Waals surface area contributed by atoms with Crippen LogP contribution in [-0.2, 0) is 4.79 Å². The maximum absolute atomic E-state index is 12.4. The molecular weight excluding hydrogens is 346 g/mol. The van der Waals surface area contributed by atoms with Gasteiger partial charge in [-0.25, -0.2) is 15.0 Å². The maximum Gasteiger partial charge on any atom is 0.231 e. The van der Waals surface area contributed by atoms with Crippen molar-refractivity contribution in [3.8, 4) is 5.82 Å². The summed E-state index contributed by atoms with van der Waals surface area (Å²) in [4.78, 5) is 27.6. The molecule has 4 rings (SSSR count). The van der Waals surface area contributed by atoms with Crippen molar-refractivity contribution in [2.24, 2.45) is 5.92 Å². The molecule has 0 saturated carbocycles. The average Bonchev–Trinajstić information content (AvgIpc) is 3.30. The van der Waals surface area contributed by atoms with Crippen LogP contribution in [0, 0.1) is 19.8 Å². The lowest BCUT2D eigenvalue weighted by Crippen LogP contribution is -2.38. The van der Waals surface area contributed by atoms with Crippen molar-refractivity contribution in [2.75, 3.05) is 23.3 Å². The van der Waals surface area contributed by atoms with Gasteiger partial charge < -0.3 is 9.42 Å². The predicted octanol–water partition coefficient (Wildman–Crippen LogP) is 2.12. The third-order valence-corrected chi connectivity index (χ3v) is 4.77. The van der Waals surface area contributed by atoms with Crippen LogP contribution in [0.4, 0.5) is 11.7 Å². The largest absolute Gasteiger partial charge is 0.356 e. The molecule has 0 atom stereocenters. The second-order valence-electron chi connectivity index (χ2n) is 6.66. The number of carbonyl (C=O) groups excluding carboxylic acids is 1. The van der Waals surface area contributed by atoms with E-state index in [9.17, 15) is 4.79 Å². The van der Waals surface area contributed by atoms with Gasteiger partial charge in [-0.2, -0.15) is 0 Å². The molecule has 9 heteroatoms. The predicted molar refractivity (Wildman–Crippen MR) is 98.7 cm³/mol. The summed E-state index contributed by atoms with van der Waals surface area (Å²) in [5, 5.41) is 6.58. The lowest BCUT2D eigenvalue weighted by molar-refractivity contribution is -0.120. The van der Waals surface area contributed by atoms with E-state index in [1.807, 2.05) is 30.7 Å². The Kier molecular flexibility index (Phi) is 4.57. The first-order chi connectivity index (χ1) is 13.1. The molecule has 0 bridgehead atoms. The first-order valence-electron chi connectivity index (χ1n) is 8.91. The van der Waals surface area contributed by atoms with E-state index < -0.39 is 0 Å². The second kappa shape index (κ2) is 7.18. The molecule has 27 heavy (non-hydrogen) atoms. The average molecular weight is 367 g/mol. The van der Waals surface area contributed by atoms with Crippen LogP contribution in [0.2, 0.25) is 0 Å².